The highest BCUT2D eigenvalue weighted by atomic mass is 32.2. The minimum atomic E-state index is -3.76. The third-order valence-electron chi connectivity index (χ3n) is 1.44. The Labute approximate surface area is 91.5 Å². The summed E-state index contributed by atoms with van der Waals surface area (Å²) < 4.78 is 21.9. The second-order valence-corrected chi connectivity index (χ2v) is 5.27. The van der Waals surface area contributed by atoms with Gasteiger partial charge in [-0.15, -0.1) is 0 Å². The van der Waals surface area contributed by atoms with Gasteiger partial charge in [-0.3, -0.25) is 4.79 Å². The first-order valence-electron chi connectivity index (χ1n) is 3.87. The van der Waals surface area contributed by atoms with Gasteiger partial charge in [0.1, 0.15) is 0 Å². The van der Waals surface area contributed by atoms with Gasteiger partial charge in [0, 0.05) is 14.0 Å². The van der Waals surface area contributed by atoms with Crippen LogP contribution in [0.5, 0.6) is 0 Å². The van der Waals surface area contributed by atoms with E-state index >= 15 is 0 Å². The van der Waals surface area contributed by atoms with E-state index in [1.54, 1.807) is 0 Å². The molecular weight excluding hydrogens is 240 g/mol. The number of primary sulfonamides is 1. The monoisotopic (exact) mass is 250 g/mol. The maximum absolute atomic E-state index is 11.0. The number of amidine groups is 1. The maximum atomic E-state index is 11.0. The van der Waals surface area contributed by atoms with Gasteiger partial charge < -0.3 is 0 Å². The molecule has 0 aromatic carbocycles. The van der Waals surface area contributed by atoms with Gasteiger partial charge >= 0.3 is 0 Å². The Kier molecular flexibility index (Phi) is 3.47. The van der Waals surface area contributed by atoms with Crippen molar-refractivity contribution in [2.45, 2.75) is 6.92 Å². The number of hydrazone groups is 1. The Morgan fingerprint density at radius 2 is 2.27 bits per heavy atom. The third kappa shape index (κ3) is 3.29. The number of sulfonamides is 1. The van der Waals surface area contributed by atoms with Crippen LogP contribution in [0.4, 0.5) is 0 Å². The topological polar surface area (TPSA) is 105 Å². The van der Waals surface area contributed by atoms with Crippen LogP contribution in [0.2, 0.25) is 0 Å². The SMILES string of the molecule is CC(=O)N=C1SCC(S(N)(=O)=O)=NN1C. The minimum absolute atomic E-state index is 0.0925. The quantitative estimate of drug-likeness (QED) is 0.604. The summed E-state index contributed by atoms with van der Waals surface area (Å²) >= 11 is 1.10. The zero-order valence-electron chi connectivity index (χ0n) is 8.17. The van der Waals surface area contributed by atoms with Crippen LogP contribution in [-0.4, -0.2) is 42.3 Å². The summed E-state index contributed by atoms with van der Waals surface area (Å²) in [5.41, 5.74) is 0. The predicted octanol–water partition coefficient (Wildman–Crippen LogP) is -0.830. The van der Waals surface area contributed by atoms with E-state index in [0.29, 0.717) is 5.17 Å². The van der Waals surface area contributed by atoms with Gasteiger partial charge in [-0.2, -0.15) is 10.1 Å². The normalized spacial score (nSPS) is 20.3. The molecule has 0 unspecified atom stereocenters. The molecule has 0 atom stereocenters. The molecule has 0 saturated carbocycles. The largest absolute Gasteiger partial charge is 0.273 e. The van der Waals surface area contributed by atoms with Crippen LogP contribution >= 0.6 is 11.8 Å². The van der Waals surface area contributed by atoms with E-state index in [-0.39, 0.29) is 16.7 Å². The Morgan fingerprint density at radius 1 is 1.67 bits per heavy atom. The second-order valence-electron chi connectivity index (χ2n) is 2.76. The Morgan fingerprint density at radius 3 is 2.67 bits per heavy atom. The van der Waals surface area contributed by atoms with E-state index in [9.17, 15) is 13.2 Å². The van der Waals surface area contributed by atoms with Gasteiger partial charge in [-0.05, 0) is 0 Å². The number of amides is 1. The van der Waals surface area contributed by atoms with Gasteiger partial charge in [0.05, 0.1) is 5.75 Å². The van der Waals surface area contributed by atoms with Crippen molar-refractivity contribution >= 4 is 37.9 Å². The molecule has 15 heavy (non-hydrogen) atoms. The van der Waals surface area contributed by atoms with Crippen molar-refractivity contribution in [2.75, 3.05) is 12.8 Å². The van der Waals surface area contributed by atoms with E-state index in [4.69, 9.17) is 5.14 Å². The fourth-order valence-electron chi connectivity index (χ4n) is 0.837. The molecule has 0 aromatic heterocycles. The van der Waals surface area contributed by atoms with Crippen LogP contribution in [0.1, 0.15) is 6.92 Å². The Bertz CT molecular complexity index is 439. The van der Waals surface area contributed by atoms with Gasteiger partial charge in [-0.25, -0.2) is 18.6 Å². The number of carbonyl (C=O) groups excluding carboxylic acids is 1. The average Bonchev–Trinajstić information content (AvgIpc) is 2.05. The Hall–Kier alpha value is -0.930. The van der Waals surface area contributed by atoms with Crippen LogP contribution in [0.15, 0.2) is 10.1 Å². The standard InChI is InChI=1S/C6H10N4O3S2/c1-4(11)8-6-10(2)9-5(3-14-6)15(7,12)13/h3H2,1-2H3,(H2,7,12,13). The lowest BCUT2D eigenvalue weighted by atomic mass is 10.7. The van der Waals surface area contributed by atoms with Crippen molar-refractivity contribution in [3.05, 3.63) is 0 Å². The van der Waals surface area contributed by atoms with Gasteiger partial charge in [0.15, 0.2) is 10.2 Å². The summed E-state index contributed by atoms with van der Waals surface area (Å²) in [6.45, 7) is 1.31. The van der Waals surface area contributed by atoms with Crippen LogP contribution in [0, 0.1) is 0 Å². The fourth-order valence-corrected chi connectivity index (χ4v) is 2.64. The predicted molar refractivity (Wildman–Crippen MR) is 58.9 cm³/mol. The average molecular weight is 250 g/mol. The van der Waals surface area contributed by atoms with E-state index in [0.717, 1.165) is 11.8 Å². The molecule has 0 radical (unpaired) electrons. The van der Waals surface area contributed by atoms with Crippen molar-refractivity contribution in [1.29, 1.82) is 0 Å². The van der Waals surface area contributed by atoms with Gasteiger partial charge in [0.25, 0.3) is 10.0 Å². The molecule has 1 aliphatic rings. The molecule has 0 spiro atoms. The minimum Gasteiger partial charge on any atom is -0.273 e. The lowest BCUT2D eigenvalue weighted by Crippen LogP contribution is -2.34. The molecule has 7 nitrogen and oxygen atoms in total. The molecule has 0 bridgehead atoms. The summed E-state index contributed by atoms with van der Waals surface area (Å²) in [5.74, 6) is -0.270. The van der Waals surface area contributed by atoms with Crippen molar-refractivity contribution in [3.63, 3.8) is 0 Å². The first-order valence-corrected chi connectivity index (χ1v) is 6.40. The summed E-state index contributed by atoms with van der Waals surface area (Å²) in [5, 5.41) is 10.1. The van der Waals surface area contributed by atoms with Gasteiger partial charge in [0.2, 0.25) is 5.91 Å². The van der Waals surface area contributed by atoms with E-state index in [2.05, 4.69) is 10.1 Å². The molecule has 84 valence electrons. The second kappa shape index (κ2) is 4.29. The van der Waals surface area contributed by atoms with E-state index in [1.807, 2.05) is 0 Å². The lowest BCUT2D eigenvalue weighted by molar-refractivity contribution is -0.115. The van der Waals surface area contributed by atoms with Crippen LogP contribution < -0.4 is 5.14 Å². The van der Waals surface area contributed by atoms with Crippen molar-refractivity contribution in [1.82, 2.24) is 5.01 Å². The number of nitrogens with two attached hydrogens (primary N) is 1. The lowest BCUT2D eigenvalue weighted by Gasteiger charge is -2.20. The molecule has 0 aromatic rings. The van der Waals surface area contributed by atoms with E-state index in [1.165, 1.54) is 19.0 Å². The number of aliphatic imine (C=N–C) groups is 1. The molecule has 1 heterocycles. The first kappa shape index (κ1) is 12.1. The molecular formula is C6H10N4O3S2. The molecule has 0 saturated heterocycles. The van der Waals surface area contributed by atoms with Crippen molar-refractivity contribution < 1.29 is 13.2 Å². The summed E-state index contributed by atoms with van der Waals surface area (Å²) in [6.07, 6.45) is 0. The third-order valence-corrected chi connectivity index (χ3v) is 3.54. The summed E-state index contributed by atoms with van der Waals surface area (Å²) in [7, 11) is -2.26. The molecule has 0 fully saturated rings. The van der Waals surface area contributed by atoms with Crippen LogP contribution in [0.3, 0.4) is 0 Å². The van der Waals surface area contributed by atoms with E-state index < -0.39 is 10.0 Å². The molecule has 2 N–H and O–H groups in total. The summed E-state index contributed by atoms with van der Waals surface area (Å²) in [6, 6.07) is 0. The number of hydrogen-bond donors (Lipinski definition) is 1. The number of carbonyl (C=O) groups is 1. The maximum Gasteiger partial charge on any atom is 0.254 e. The van der Waals surface area contributed by atoms with Crippen LogP contribution in [0.25, 0.3) is 0 Å². The molecule has 0 aliphatic carbocycles. The van der Waals surface area contributed by atoms with Crippen LogP contribution in [-0.2, 0) is 14.8 Å². The smallest absolute Gasteiger partial charge is 0.254 e. The highest BCUT2D eigenvalue weighted by molar-refractivity contribution is 8.17. The zero-order chi connectivity index (χ0) is 11.6. The zero-order valence-corrected chi connectivity index (χ0v) is 9.80. The molecule has 9 heteroatoms. The first-order chi connectivity index (χ1) is 6.80. The number of thioether (sulfide) groups is 1. The number of nitrogens with zero attached hydrogens (tertiary/aromatic N) is 3. The molecule has 1 rings (SSSR count). The molecule has 1 aliphatic heterocycles. The fraction of sp³-hybridized carbons (Fsp3) is 0.500. The summed E-state index contributed by atoms with van der Waals surface area (Å²) in [4.78, 5) is 14.4. The van der Waals surface area contributed by atoms with Crippen molar-refractivity contribution in [3.8, 4) is 0 Å². The molecule has 1 amide bonds. The van der Waals surface area contributed by atoms with Crippen molar-refractivity contribution in [2.24, 2.45) is 15.2 Å². The number of rotatable bonds is 0. The highest BCUT2D eigenvalue weighted by Crippen LogP contribution is 2.16. The highest BCUT2D eigenvalue weighted by Gasteiger charge is 2.23. The van der Waals surface area contributed by atoms with Gasteiger partial charge in [-0.1, -0.05) is 11.8 Å². The Balaban J connectivity index is 2.97. The number of hydrogen-bond acceptors (Lipinski definition) is 5.